The lowest BCUT2D eigenvalue weighted by Crippen LogP contribution is -1.97. The van der Waals surface area contributed by atoms with Crippen LogP contribution in [-0.2, 0) is 6.54 Å². The van der Waals surface area contributed by atoms with Gasteiger partial charge in [-0.2, -0.15) is 0 Å². The molecule has 0 radical (unpaired) electrons. The first-order valence-corrected chi connectivity index (χ1v) is 6.31. The zero-order valence-electron chi connectivity index (χ0n) is 10.5. The molecule has 2 heteroatoms. The van der Waals surface area contributed by atoms with E-state index in [-0.39, 0.29) is 0 Å². The van der Waals surface area contributed by atoms with Crippen molar-refractivity contribution in [3.8, 4) is 11.5 Å². The van der Waals surface area contributed by atoms with Crippen LogP contribution in [0.1, 0.15) is 5.56 Å². The lowest BCUT2D eigenvalue weighted by atomic mass is 10.0. The van der Waals surface area contributed by atoms with E-state index in [9.17, 15) is 0 Å². The molecule has 19 heavy (non-hydrogen) atoms. The third kappa shape index (κ3) is 2.44. The fraction of sp³-hybridized carbons (Fsp3) is 0.0588. The molecule has 0 saturated heterocycles. The zero-order valence-corrected chi connectivity index (χ0v) is 10.5. The highest BCUT2D eigenvalue weighted by Gasteiger charge is 2.02. The van der Waals surface area contributed by atoms with E-state index in [1.807, 2.05) is 48.5 Å². The van der Waals surface area contributed by atoms with E-state index in [2.05, 4.69) is 18.2 Å². The van der Waals surface area contributed by atoms with Gasteiger partial charge in [-0.1, -0.05) is 42.5 Å². The van der Waals surface area contributed by atoms with Crippen molar-refractivity contribution in [3.05, 3.63) is 72.3 Å². The molecule has 0 aliphatic heterocycles. The summed E-state index contributed by atoms with van der Waals surface area (Å²) < 4.78 is 5.85. The van der Waals surface area contributed by atoms with Crippen LogP contribution in [0, 0.1) is 0 Å². The fourth-order valence-corrected chi connectivity index (χ4v) is 2.18. The number of hydrogen-bond donors (Lipinski definition) is 1. The predicted octanol–water partition coefficient (Wildman–Crippen LogP) is 4.09. The first kappa shape index (κ1) is 11.8. The number of benzene rings is 3. The Kier molecular flexibility index (Phi) is 3.17. The number of nitrogens with two attached hydrogens (primary N) is 1. The van der Waals surface area contributed by atoms with E-state index < -0.39 is 0 Å². The third-order valence-corrected chi connectivity index (χ3v) is 3.14. The monoisotopic (exact) mass is 249 g/mol. The fourth-order valence-electron chi connectivity index (χ4n) is 2.18. The van der Waals surface area contributed by atoms with Gasteiger partial charge in [0.1, 0.15) is 11.5 Å². The zero-order chi connectivity index (χ0) is 13.1. The third-order valence-electron chi connectivity index (χ3n) is 3.14. The second kappa shape index (κ2) is 5.12. The average molecular weight is 249 g/mol. The molecule has 3 aromatic rings. The normalized spacial score (nSPS) is 10.6. The van der Waals surface area contributed by atoms with Crippen molar-refractivity contribution in [2.75, 3.05) is 0 Å². The van der Waals surface area contributed by atoms with Crippen molar-refractivity contribution in [1.82, 2.24) is 0 Å². The van der Waals surface area contributed by atoms with Gasteiger partial charge in [0.2, 0.25) is 0 Å². The Morgan fingerprint density at radius 2 is 1.63 bits per heavy atom. The maximum atomic E-state index is 5.85. The second-order valence-electron chi connectivity index (χ2n) is 4.42. The summed E-state index contributed by atoms with van der Waals surface area (Å²) in [4.78, 5) is 0. The molecular weight excluding hydrogens is 234 g/mol. The summed E-state index contributed by atoms with van der Waals surface area (Å²) >= 11 is 0. The van der Waals surface area contributed by atoms with Crippen LogP contribution in [0.15, 0.2) is 66.7 Å². The Balaban J connectivity index is 2.01. The quantitative estimate of drug-likeness (QED) is 0.758. The number of fused-ring (bicyclic) bond motifs is 1. The van der Waals surface area contributed by atoms with Crippen LogP contribution in [0.4, 0.5) is 0 Å². The molecule has 2 N–H and O–H groups in total. The van der Waals surface area contributed by atoms with E-state index >= 15 is 0 Å². The molecular formula is C17H15NO. The van der Waals surface area contributed by atoms with Gasteiger partial charge in [0, 0.05) is 6.54 Å². The summed E-state index contributed by atoms with van der Waals surface area (Å²) in [7, 11) is 0. The van der Waals surface area contributed by atoms with Crippen molar-refractivity contribution in [2.24, 2.45) is 5.73 Å². The van der Waals surface area contributed by atoms with Crippen LogP contribution < -0.4 is 10.5 Å². The predicted molar refractivity (Wildman–Crippen MR) is 78.4 cm³/mol. The summed E-state index contributed by atoms with van der Waals surface area (Å²) in [5, 5.41) is 2.33. The Morgan fingerprint density at radius 3 is 2.42 bits per heavy atom. The largest absolute Gasteiger partial charge is 0.457 e. The van der Waals surface area contributed by atoms with Gasteiger partial charge in [-0.15, -0.1) is 0 Å². The van der Waals surface area contributed by atoms with Crippen LogP contribution >= 0.6 is 0 Å². The Morgan fingerprint density at radius 1 is 0.789 bits per heavy atom. The molecule has 0 aliphatic carbocycles. The van der Waals surface area contributed by atoms with Crippen LogP contribution in [-0.4, -0.2) is 0 Å². The molecule has 94 valence electrons. The number of hydrogen-bond acceptors (Lipinski definition) is 2. The molecule has 0 atom stereocenters. The molecule has 0 heterocycles. The highest BCUT2D eigenvalue weighted by atomic mass is 16.5. The molecule has 0 amide bonds. The van der Waals surface area contributed by atoms with E-state index in [4.69, 9.17) is 10.5 Å². The molecule has 0 aliphatic rings. The maximum absolute atomic E-state index is 5.85. The minimum absolute atomic E-state index is 0.534. The van der Waals surface area contributed by atoms with Gasteiger partial charge >= 0.3 is 0 Å². The Labute approximate surface area is 112 Å². The van der Waals surface area contributed by atoms with E-state index in [0.29, 0.717) is 6.54 Å². The van der Waals surface area contributed by atoms with Crippen LogP contribution in [0.5, 0.6) is 11.5 Å². The summed E-state index contributed by atoms with van der Waals surface area (Å²) in [6, 6.07) is 22.0. The van der Waals surface area contributed by atoms with Gasteiger partial charge in [-0.3, -0.25) is 0 Å². The average Bonchev–Trinajstić information content (AvgIpc) is 2.47. The topological polar surface area (TPSA) is 35.2 Å². The van der Waals surface area contributed by atoms with Gasteiger partial charge in [0.25, 0.3) is 0 Å². The standard InChI is InChI=1S/C17H15NO/c18-12-14-6-4-5-13-9-10-16(11-17(13)14)19-15-7-2-1-3-8-15/h1-11H,12,18H2. The van der Waals surface area contributed by atoms with E-state index in [0.717, 1.165) is 22.4 Å². The van der Waals surface area contributed by atoms with Crippen molar-refractivity contribution in [2.45, 2.75) is 6.54 Å². The van der Waals surface area contributed by atoms with Crippen molar-refractivity contribution < 1.29 is 4.74 Å². The molecule has 0 aromatic heterocycles. The van der Waals surface area contributed by atoms with E-state index in [1.165, 1.54) is 5.39 Å². The van der Waals surface area contributed by atoms with Gasteiger partial charge in [-0.25, -0.2) is 0 Å². The summed E-state index contributed by atoms with van der Waals surface area (Å²) in [5.74, 6) is 1.67. The molecule has 0 spiro atoms. The van der Waals surface area contributed by atoms with Crippen LogP contribution in [0.25, 0.3) is 10.8 Å². The number of rotatable bonds is 3. The molecule has 0 unspecified atom stereocenters. The summed E-state index contributed by atoms with van der Waals surface area (Å²) in [6.45, 7) is 0.534. The van der Waals surface area contributed by atoms with Crippen molar-refractivity contribution >= 4 is 10.8 Å². The SMILES string of the molecule is NCc1cccc2ccc(Oc3ccccc3)cc12. The first-order chi connectivity index (χ1) is 9.36. The molecule has 2 nitrogen and oxygen atoms in total. The Hall–Kier alpha value is -2.32. The molecule has 0 bridgehead atoms. The smallest absolute Gasteiger partial charge is 0.128 e. The van der Waals surface area contributed by atoms with Gasteiger partial charge in [0.05, 0.1) is 0 Å². The van der Waals surface area contributed by atoms with Gasteiger partial charge in [0.15, 0.2) is 0 Å². The van der Waals surface area contributed by atoms with Crippen LogP contribution in [0.2, 0.25) is 0 Å². The molecule has 0 saturated carbocycles. The first-order valence-electron chi connectivity index (χ1n) is 6.31. The Bertz CT molecular complexity index is 692. The van der Waals surface area contributed by atoms with Gasteiger partial charge in [-0.05, 0) is 40.6 Å². The summed E-state index contributed by atoms with van der Waals surface area (Å²) in [6.07, 6.45) is 0. The minimum atomic E-state index is 0.534. The molecule has 3 aromatic carbocycles. The van der Waals surface area contributed by atoms with E-state index in [1.54, 1.807) is 0 Å². The maximum Gasteiger partial charge on any atom is 0.128 e. The number of ether oxygens (including phenoxy) is 1. The molecule has 3 rings (SSSR count). The second-order valence-corrected chi connectivity index (χ2v) is 4.42. The number of para-hydroxylation sites is 1. The highest BCUT2D eigenvalue weighted by Crippen LogP contribution is 2.27. The minimum Gasteiger partial charge on any atom is -0.457 e. The summed E-state index contributed by atoms with van der Waals surface area (Å²) in [5.41, 5.74) is 6.91. The lowest BCUT2D eigenvalue weighted by molar-refractivity contribution is 0.483. The van der Waals surface area contributed by atoms with Crippen molar-refractivity contribution in [1.29, 1.82) is 0 Å². The highest BCUT2D eigenvalue weighted by molar-refractivity contribution is 5.87. The lowest BCUT2D eigenvalue weighted by Gasteiger charge is -2.09. The molecule has 0 fully saturated rings. The van der Waals surface area contributed by atoms with Crippen molar-refractivity contribution in [3.63, 3.8) is 0 Å². The van der Waals surface area contributed by atoms with Crippen LogP contribution in [0.3, 0.4) is 0 Å². The van der Waals surface area contributed by atoms with Gasteiger partial charge < -0.3 is 10.5 Å².